The molecule has 96 valence electrons. The Morgan fingerprint density at radius 2 is 2.28 bits per heavy atom. The first-order valence-corrected chi connectivity index (χ1v) is 6.98. The lowest BCUT2D eigenvalue weighted by atomic mass is 10.1. The molecule has 3 nitrogen and oxygen atoms in total. The molecule has 0 aliphatic rings. The number of aromatic nitrogens is 1. The van der Waals surface area contributed by atoms with E-state index in [9.17, 15) is 0 Å². The van der Waals surface area contributed by atoms with Crippen LogP contribution in [0.5, 0.6) is 5.75 Å². The molecule has 0 saturated carbocycles. The van der Waals surface area contributed by atoms with Gasteiger partial charge in [-0.15, -0.1) is 11.3 Å². The average Bonchev–Trinajstić information content (AvgIpc) is 2.84. The predicted octanol–water partition coefficient (Wildman–Crippen LogP) is 3.30. The largest absolute Gasteiger partial charge is 0.487 e. The molecule has 0 unspecified atom stereocenters. The first kappa shape index (κ1) is 13.1. The van der Waals surface area contributed by atoms with Crippen molar-refractivity contribution in [2.75, 3.05) is 0 Å². The van der Waals surface area contributed by atoms with Gasteiger partial charge in [-0.2, -0.15) is 0 Å². The van der Waals surface area contributed by atoms with Gasteiger partial charge in [0.25, 0.3) is 0 Å². The van der Waals surface area contributed by atoms with E-state index in [0.29, 0.717) is 6.61 Å². The Hall–Kier alpha value is -1.39. The third-order valence-corrected chi connectivity index (χ3v) is 3.71. The molecule has 0 saturated heterocycles. The summed E-state index contributed by atoms with van der Waals surface area (Å²) in [5, 5.41) is 3.20. The summed E-state index contributed by atoms with van der Waals surface area (Å²) in [6.45, 7) is 4.58. The molecule has 1 aromatic heterocycles. The van der Waals surface area contributed by atoms with E-state index in [2.05, 4.69) is 11.9 Å². The van der Waals surface area contributed by atoms with Crippen molar-refractivity contribution in [3.63, 3.8) is 0 Å². The molecular formula is C14H18N2OS. The summed E-state index contributed by atoms with van der Waals surface area (Å²) in [7, 11) is 0. The number of aryl methyl sites for hydroxylation is 1. The minimum Gasteiger partial charge on any atom is -0.487 e. The van der Waals surface area contributed by atoms with Crippen LogP contribution in [0.3, 0.4) is 0 Å². The van der Waals surface area contributed by atoms with Crippen molar-refractivity contribution < 1.29 is 4.74 Å². The van der Waals surface area contributed by atoms with Crippen molar-refractivity contribution in [1.82, 2.24) is 4.98 Å². The maximum atomic E-state index is 5.84. The number of thiazole rings is 1. The highest BCUT2D eigenvalue weighted by Crippen LogP contribution is 2.19. The van der Waals surface area contributed by atoms with Crippen LogP contribution in [-0.2, 0) is 13.0 Å². The lowest BCUT2D eigenvalue weighted by Gasteiger charge is -2.09. The lowest BCUT2D eigenvalue weighted by Crippen LogP contribution is -2.05. The van der Waals surface area contributed by atoms with Crippen LogP contribution < -0.4 is 10.5 Å². The van der Waals surface area contributed by atoms with Gasteiger partial charge < -0.3 is 10.5 Å². The lowest BCUT2D eigenvalue weighted by molar-refractivity contribution is 0.301. The Morgan fingerprint density at radius 3 is 2.94 bits per heavy atom. The van der Waals surface area contributed by atoms with Gasteiger partial charge in [-0.25, -0.2) is 4.98 Å². The zero-order chi connectivity index (χ0) is 13.0. The second kappa shape index (κ2) is 5.98. The van der Waals surface area contributed by atoms with Gasteiger partial charge in [-0.05, 0) is 31.0 Å². The van der Waals surface area contributed by atoms with E-state index in [1.807, 2.05) is 36.6 Å². The molecule has 0 radical (unpaired) electrons. The van der Waals surface area contributed by atoms with E-state index in [1.54, 1.807) is 11.3 Å². The van der Waals surface area contributed by atoms with Crippen molar-refractivity contribution in [3.05, 3.63) is 45.9 Å². The highest BCUT2D eigenvalue weighted by atomic mass is 32.1. The molecule has 4 heteroatoms. The van der Waals surface area contributed by atoms with Crippen LogP contribution in [0.4, 0.5) is 0 Å². The maximum Gasteiger partial charge on any atom is 0.131 e. The maximum absolute atomic E-state index is 5.84. The molecule has 0 amide bonds. The Morgan fingerprint density at radius 1 is 1.44 bits per heavy atom. The van der Waals surface area contributed by atoms with Crippen molar-refractivity contribution in [1.29, 1.82) is 0 Å². The zero-order valence-corrected chi connectivity index (χ0v) is 11.5. The number of benzene rings is 1. The van der Waals surface area contributed by atoms with Crippen LogP contribution in [0.2, 0.25) is 0 Å². The fourth-order valence-corrected chi connectivity index (χ4v) is 2.35. The molecule has 1 atom stereocenters. The first-order chi connectivity index (χ1) is 8.69. The number of ether oxygens (including phenoxy) is 1. The highest BCUT2D eigenvalue weighted by molar-refractivity contribution is 7.09. The van der Waals surface area contributed by atoms with E-state index in [-0.39, 0.29) is 6.04 Å². The fourth-order valence-electron chi connectivity index (χ4n) is 1.62. The molecular weight excluding hydrogens is 244 g/mol. The quantitative estimate of drug-likeness (QED) is 0.899. The number of hydrogen-bond acceptors (Lipinski definition) is 4. The molecule has 2 N–H and O–H groups in total. The number of nitrogens with two attached hydrogens (primary N) is 1. The monoisotopic (exact) mass is 262 g/mol. The summed E-state index contributed by atoms with van der Waals surface area (Å²) in [6.07, 6.45) is 0.977. The van der Waals surface area contributed by atoms with Crippen LogP contribution in [-0.4, -0.2) is 4.98 Å². The molecule has 2 aromatic rings. The molecule has 0 spiro atoms. The van der Waals surface area contributed by atoms with Crippen LogP contribution in [0.15, 0.2) is 29.6 Å². The average molecular weight is 262 g/mol. The Balaban J connectivity index is 1.99. The minimum absolute atomic E-state index is 0.0273. The summed E-state index contributed by atoms with van der Waals surface area (Å²) in [5.74, 6) is 0.843. The van der Waals surface area contributed by atoms with E-state index in [0.717, 1.165) is 28.4 Å². The van der Waals surface area contributed by atoms with Crippen molar-refractivity contribution in [3.8, 4) is 5.75 Å². The van der Waals surface area contributed by atoms with E-state index in [4.69, 9.17) is 10.5 Å². The third-order valence-electron chi connectivity index (χ3n) is 2.67. The number of nitrogens with zero attached hydrogens (tertiary/aromatic N) is 1. The van der Waals surface area contributed by atoms with Crippen molar-refractivity contribution in [2.24, 2.45) is 5.73 Å². The molecule has 18 heavy (non-hydrogen) atoms. The predicted molar refractivity (Wildman–Crippen MR) is 74.9 cm³/mol. The van der Waals surface area contributed by atoms with Gasteiger partial charge in [-0.3, -0.25) is 0 Å². The first-order valence-electron chi connectivity index (χ1n) is 6.10. The second-order valence-corrected chi connectivity index (χ2v) is 5.18. The highest BCUT2D eigenvalue weighted by Gasteiger charge is 2.03. The second-order valence-electron chi connectivity index (χ2n) is 4.24. The van der Waals surface area contributed by atoms with Crippen LogP contribution >= 0.6 is 11.3 Å². The molecule has 0 fully saturated rings. The third kappa shape index (κ3) is 3.31. The normalized spacial score (nSPS) is 12.4. The summed E-state index contributed by atoms with van der Waals surface area (Å²) in [6, 6.07) is 7.93. The van der Waals surface area contributed by atoms with Gasteiger partial charge in [0.15, 0.2) is 0 Å². The SMILES string of the molecule is CCc1nc(COc2cccc([C@H](C)N)c2)cs1. The molecule has 1 aromatic carbocycles. The minimum atomic E-state index is 0.0273. The van der Waals surface area contributed by atoms with E-state index in [1.165, 1.54) is 0 Å². The standard InChI is InChI=1S/C14H18N2OS/c1-3-14-16-12(9-18-14)8-17-13-6-4-5-11(7-13)10(2)15/h4-7,9-10H,3,8,15H2,1-2H3/t10-/m0/s1. The summed E-state index contributed by atoms with van der Waals surface area (Å²) < 4.78 is 5.73. The summed E-state index contributed by atoms with van der Waals surface area (Å²) in [4.78, 5) is 4.47. The van der Waals surface area contributed by atoms with E-state index < -0.39 is 0 Å². The Labute approximate surface area is 112 Å². The van der Waals surface area contributed by atoms with Crippen molar-refractivity contribution in [2.45, 2.75) is 32.9 Å². The van der Waals surface area contributed by atoms with Gasteiger partial charge in [0.1, 0.15) is 12.4 Å². The summed E-state index contributed by atoms with van der Waals surface area (Å²) in [5.41, 5.74) is 7.92. The Kier molecular flexibility index (Phi) is 4.33. The van der Waals surface area contributed by atoms with Crippen LogP contribution in [0.1, 0.15) is 36.2 Å². The molecule has 0 bridgehead atoms. The Bertz CT molecular complexity index is 508. The van der Waals surface area contributed by atoms with Crippen LogP contribution in [0.25, 0.3) is 0 Å². The van der Waals surface area contributed by atoms with Gasteiger partial charge in [-0.1, -0.05) is 19.1 Å². The number of hydrogen-bond donors (Lipinski definition) is 1. The molecule has 1 heterocycles. The molecule has 2 rings (SSSR count). The van der Waals surface area contributed by atoms with Gasteiger partial charge >= 0.3 is 0 Å². The fraction of sp³-hybridized carbons (Fsp3) is 0.357. The topological polar surface area (TPSA) is 48.1 Å². The van der Waals surface area contributed by atoms with E-state index >= 15 is 0 Å². The number of rotatable bonds is 5. The van der Waals surface area contributed by atoms with Crippen molar-refractivity contribution >= 4 is 11.3 Å². The smallest absolute Gasteiger partial charge is 0.131 e. The summed E-state index contributed by atoms with van der Waals surface area (Å²) >= 11 is 1.68. The molecule has 0 aliphatic carbocycles. The zero-order valence-electron chi connectivity index (χ0n) is 10.7. The van der Waals surface area contributed by atoms with Gasteiger partial charge in [0.05, 0.1) is 10.7 Å². The molecule has 0 aliphatic heterocycles. The van der Waals surface area contributed by atoms with Gasteiger partial charge in [0, 0.05) is 11.4 Å². The van der Waals surface area contributed by atoms with Gasteiger partial charge in [0.2, 0.25) is 0 Å². The van der Waals surface area contributed by atoms with Crippen LogP contribution in [0, 0.1) is 0 Å².